The highest BCUT2D eigenvalue weighted by atomic mass is 16.6. The molecule has 6 nitrogen and oxygen atoms in total. The number of aliphatic hydroxyl groups is 2. The molecule has 1 heterocycles. The van der Waals surface area contributed by atoms with Crippen LogP contribution in [0.1, 0.15) is 40.0 Å². The van der Waals surface area contributed by atoms with Crippen LogP contribution in [-0.2, 0) is 19.1 Å². The highest BCUT2D eigenvalue weighted by Crippen LogP contribution is 2.37. The molecule has 1 saturated heterocycles. The van der Waals surface area contributed by atoms with Crippen molar-refractivity contribution in [2.24, 2.45) is 11.8 Å². The van der Waals surface area contributed by atoms with E-state index < -0.39 is 24.1 Å². The fourth-order valence-corrected chi connectivity index (χ4v) is 3.50. The molecule has 0 spiro atoms. The monoisotopic (exact) mass is 364 g/mol. The van der Waals surface area contributed by atoms with E-state index in [1.807, 2.05) is 6.92 Å². The van der Waals surface area contributed by atoms with Gasteiger partial charge in [0.1, 0.15) is 12.2 Å². The van der Waals surface area contributed by atoms with Gasteiger partial charge in [-0.3, -0.25) is 4.79 Å². The normalized spacial score (nSPS) is 34.0. The maximum Gasteiger partial charge on any atom is 0.333 e. The topological polar surface area (TPSA) is 93.1 Å². The lowest BCUT2D eigenvalue weighted by molar-refractivity contribution is -0.148. The van der Waals surface area contributed by atoms with Crippen LogP contribution in [-0.4, -0.2) is 47.6 Å². The van der Waals surface area contributed by atoms with Crippen LogP contribution >= 0.6 is 0 Å². The third kappa shape index (κ3) is 4.83. The number of hydrogen-bond acceptors (Lipinski definition) is 6. The van der Waals surface area contributed by atoms with Gasteiger partial charge in [-0.25, -0.2) is 4.79 Å². The van der Waals surface area contributed by atoms with Gasteiger partial charge in [0.05, 0.1) is 25.0 Å². The van der Waals surface area contributed by atoms with Crippen LogP contribution in [0.25, 0.3) is 0 Å². The highest BCUT2D eigenvalue weighted by molar-refractivity contribution is 5.88. The summed E-state index contributed by atoms with van der Waals surface area (Å²) >= 11 is 0. The molecule has 1 unspecified atom stereocenters. The number of ether oxygens (including phenoxy) is 2. The van der Waals surface area contributed by atoms with E-state index in [2.05, 4.69) is 6.08 Å². The molecule has 1 fully saturated rings. The minimum absolute atomic E-state index is 0.0924. The molecule has 0 aromatic carbocycles. The molecule has 4 atom stereocenters. The lowest BCUT2D eigenvalue weighted by Gasteiger charge is -2.29. The first-order chi connectivity index (χ1) is 12.4. The predicted molar refractivity (Wildman–Crippen MR) is 96.0 cm³/mol. The summed E-state index contributed by atoms with van der Waals surface area (Å²) in [5.74, 6) is -1.57. The second-order valence-electron chi connectivity index (χ2n) is 7.06. The second-order valence-corrected chi connectivity index (χ2v) is 7.06. The molecular formula is C20H28O6. The minimum Gasteiger partial charge on any atom is -0.458 e. The van der Waals surface area contributed by atoms with Crippen molar-refractivity contribution in [1.82, 2.24) is 0 Å². The summed E-state index contributed by atoms with van der Waals surface area (Å²) in [7, 11) is 0. The van der Waals surface area contributed by atoms with Crippen molar-refractivity contribution < 1.29 is 29.3 Å². The van der Waals surface area contributed by atoms with Crippen LogP contribution in [0.2, 0.25) is 0 Å². The van der Waals surface area contributed by atoms with Gasteiger partial charge in [-0.2, -0.15) is 0 Å². The van der Waals surface area contributed by atoms with Crippen LogP contribution in [0.3, 0.4) is 0 Å². The van der Waals surface area contributed by atoms with E-state index >= 15 is 0 Å². The summed E-state index contributed by atoms with van der Waals surface area (Å²) in [5.41, 5.74) is 2.21. The fourth-order valence-electron chi connectivity index (χ4n) is 3.50. The van der Waals surface area contributed by atoms with Crippen molar-refractivity contribution in [2.45, 2.75) is 52.2 Å². The molecule has 2 aliphatic rings. The summed E-state index contributed by atoms with van der Waals surface area (Å²) in [6, 6.07) is 0. The van der Waals surface area contributed by atoms with Crippen LogP contribution in [0.15, 0.2) is 34.9 Å². The van der Waals surface area contributed by atoms with Crippen LogP contribution in [0.5, 0.6) is 0 Å². The molecule has 6 heteroatoms. The van der Waals surface area contributed by atoms with Crippen molar-refractivity contribution in [3.05, 3.63) is 34.9 Å². The van der Waals surface area contributed by atoms with Crippen molar-refractivity contribution in [2.75, 3.05) is 13.2 Å². The number of hydrogen-bond donors (Lipinski definition) is 2. The molecule has 0 radical (unpaired) electrons. The maximum absolute atomic E-state index is 12.4. The molecule has 1 aliphatic heterocycles. The van der Waals surface area contributed by atoms with E-state index in [4.69, 9.17) is 14.6 Å². The van der Waals surface area contributed by atoms with E-state index in [1.54, 1.807) is 19.9 Å². The Hall–Kier alpha value is -1.92. The zero-order valence-electron chi connectivity index (χ0n) is 15.6. The van der Waals surface area contributed by atoms with Gasteiger partial charge in [0.15, 0.2) is 0 Å². The SMILES string of the molecule is C/C1=C\CC/C(CO)=C/[C@H]2OC(=O)[C@@H](C)C2[C@@H](OC(=O)/C(C)=C/CO)C1. The molecule has 144 valence electrons. The van der Waals surface area contributed by atoms with Crippen molar-refractivity contribution in [1.29, 1.82) is 0 Å². The van der Waals surface area contributed by atoms with Crippen molar-refractivity contribution in [3.8, 4) is 0 Å². The Morgan fingerprint density at radius 3 is 2.81 bits per heavy atom. The number of fused-ring (bicyclic) bond motifs is 1. The lowest BCUT2D eigenvalue weighted by atomic mass is 9.82. The quantitative estimate of drug-likeness (QED) is 0.451. The maximum atomic E-state index is 12.4. The van der Waals surface area contributed by atoms with E-state index in [9.17, 15) is 14.7 Å². The Labute approximate surface area is 154 Å². The Morgan fingerprint density at radius 1 is 1.42 bits per heavy atom. The van der Waals surface area contributed by atoms with Gasteiger partial charge < -0.3 is 19.7 Å². The van der Waals surface area contributed by atoms with Gasteiger partial charge in [0.25, 0.3) is 0 Å². The van der Waals surface area contributed by atoms with Crippen molar-refractivity contribution >= 4 is 11.9 Å². The first kappa shape index (κ1) is 20.4. The Morgan fingerprint density at radius 2 is 2.15 bits per heavy atom. The third-order valence-electron chi connectivity index (χ3n) is 5.07. The van der Waals surface area contributed by atoms with Gasteiger partial charge in [-0.05, 0) is 44.4 Å². The van der Waals surface area contributed by atoms with Gasteiger partial charge in [0, 0.05) is 12.0 Å². The molecule has 26 heavy (non-hydrogen) atoms. The van der Waals surface area contributed by atoms with Crippen LogP contribution in [0, 0.1) is 11.8 Å². The van der Waals surface area contributed by atoms with E-state index in [-0.39, 0.29) is 25.1 Å². The first-order valence-electron chi connectivity index (χ1n) is 9.02. The standard InChI is InChI=1S/C20H28O6/c1-12-5-4-6-15(11-22)10-17-18(14(3)20(24)26-17)16(9-12)25-19(23)13(2)7-8-21/h5,7,10,14,16-18,21-22H,4,6,8-9,11H2,1-3H3/b12-5+,13-7+,15-10-/t14-,16-,17+,18?/m0/s1. The van der Waals surface area contributed by atoms with Gasteiger partial charge in [-0.1, -0.05) is 18.6 Å². The summed E-state index contributed by atoms with van der Waals surface area (Å²) in [6.45, 7) is 5.00. The first-order valence-corrected chi connectivity index (χ1v) is 9.02. The zero-order chi connectivity index (χ0) is 19.3. The van der Waals surface area contributed by atoms with Gasteiger partial charge >= 0.3 is 11.9 Å². The Kier molecular flexibility index (Phi) is 7.17. The summed E-state index contributed by atoms with van der Waals surface area (Å²) < 4.78 is 11.2. The Balaban J connectivity index is 2.36. The van der Waals surface area contributed by atoms with E-state index in [1.165, 1.54) is 6.08 Å². The van der Waals surface area contributed by atoms with Crippen LogP contribution in [0.4, 0.5) is 0 Å². The average molecular weight is 364 g/mol. The zero-order valence-corrected chi connectivity index (χ0v) is 15.6. The number of allylic oxidation sites excluding steroid dienone is 1. The number of esters is 2. The van der Waals surface area contributed by atoms with Gasteiger partial charge in [-0.15, -0.1) is 0 Å². The lowest BCUT2D eigenvalue weighted by Crippen LogP contribution is -2.36. The third-order valence-corrected chi connectivity index (χ3v) is 5.07. The fraction of sp³-hybridized carbons (Fsp3) is 0.600. The molecule has 0 saturated carbocycles. The number of rotatable bonds is 4. The molecule has 2 rings (SSSR count). The van der Waals surface area contributed by atoms with Crippen LogP contribution < -0.4 is 0 Å². The molecule has 0 aromatic rings. The molecule has 0 bridgehead atoms. The summed E-state index contributed by atoms with van der Waals surface area (Å²) in [4.78, 5) is 24.5. The number of aliphatic hydroxyl groups excluding tert-OH is 2. The number of carbonyl (C=O) groups is 2. The molecule has 2 N–H and O–H groups in total. The highest BCUT2D eigenvalue weighted by Gasteiger charge is 2.47. The number of carbonyl (C=O) groups excluding carboxylic acids is 2. The smallest absolute Gasteiger partial charge is 0.333 e. The predicted octanol–water partition coefficient (Wildman–Crippen LogP) is 2.06. The second kappa shape index (κ2) is 9.14. The van der Waals surface area contributed by atoms with Gasteiger partial charge in [0.2, 0.25) is 0 Å². The van der Waals surface area contributed by atoms with E-state index in [0.717, 1.165) is 17.6 Å². The minimum atomic E-state index is -0.526. The largest absolute Gasteiger partial charge is 0.458 e. The molecule has 1 aliphatic carbocycles. The molecule has 0 amide bonds. The Bertz CT molecular complexity index is 630. The summed E-state index contributed by atoms with van der Waals surface area (Å²) in [6.07, 6.45) is 6.21. The summed E-state index contributed by atoms with van der Waals surface area (Å²) in [5, 5.41) is 18.6. The van der Waals surface area contributed by atoms with Crippen molar-refractivity contribution in [3.63, 3.8) is 0 Å². The molecule has 0 aromatic heterocycles. The van der Waals surface area contributed by atoms with E-state index in [0.29, 0.717) is 18.4 Å². The molecular weight excluding hydrogens is 336 g/mol. The average Bonchev–Trinajstić information content (AvgIpc) is 2.87.